The Morgan fingerprint density at radius 3 is 2.91 bits per heavy atom. The lowest BCUT2D eigenvalue weighted by Gasteiger charge is -1.92. The van der Waals surface area contributed by atoms with Crippen LogP contribution in [0.15, 0.2) is 23.7 Å². The zero-order chi connectivity index (χ0) is 8.27. The van der Waals surface area contributed by atoms with Gasteiger partial charge in [0, 0.05) is 12.4 Å². The summed E-state index contributed by atoms with van der Waals surface area (Å²) < 4.78 is 1.25. The second-order valence-electron chi connectivity index (χ2n) is 2.01. The molecule has 0 unspecified atom stereocenters. The molecule has 1 heterocycles. The molecular weight excluding hydrogens is 144 g/mol. The van der Waals surface area contributed by atoms with Crippen LogP contribution < -0.4 is 5.73 Å². The maximum Gasteiger partial charge on any atom is 0.354 e. The van der Waals surface area contributed by atoms with Gasteiger partial charge in [-0.15, -0.1) is 0 Å². The number of imidazole rings is 1. The molecule has 5 heteroatoms. The molecule has 0 fully saturated rings. The van der Waals surface area contributed by atoms with Gasteiger partial charge in [0.05, 0.1) is 0 Å². The van der Waals surface area contributed by atoms with E-state index in [1.54, 1.807) is 6.92 Å². The van der Waals surface area contributed by atoms with E-state index in [0.29, 0.717) is 0 Å². The molecule has 0 atom stereocenters. The normalized spacial score (nSPS) is 11.5. The third kappa shape index (κ3) is 1.89. The zero-order valence-corrected chi connectivity index (χ0v) is 6.06. The first-order valence-electron chi connectivity index (χ1n) is 3.03. The second kappa shape index (κ2) is 2.96. The molecule has 0 aliphatic rings. The minimum absolute atomic E-state index is 0.240. The Balaban J connectivity index is 2.80. The average molecular weight is 152 g/mol. The topological polar surface area (TPSA) is 73.3 Å². The van der Waals surface area contributed by atoms with E-state index in [9.17, 15) is 4.79 Å². The summed E-state index contributed by atoms with van der Waals surface area (Å²) in [6.45, 7) is 1.55. The van der Waals surface area contributed by atoms with Gasteiger partial charge in [-0.3, -0.25) is 4.57 Å². The van der Waals surface area contributed by atoms with Gasteiger partial charge in [-0.05, 0) is 6.92 Å². The van der Waals surface area contributed by atoms with Crippen LogP contribution in [0.2, 0.25) is 0 Å². The van der Waals surface area contributed by atoms with E-state index in [0.717, 1.165) is 0 Å². The lowest BCUT2D eigenvalue weighted by atomic mass is 10.7. The molecule has 5 nitrogen and oxygen atoms in total. The van der Waals surface area contributed by atoms with E-state index in [1.807, 2.05) is 0 Å². The standard InChI is InChI=1S/C6H8N4O/c1-5(7)9-6(11)10-3-2-8-4-10/h2-4H,1H3,(H2,7,9,11). The Labute approximate surface area is 63.6 Å². The van der Waals surface area contributed by atoms with Gasteiger partial charge in [-0.2, -0.15) is 4.99 Å². The largest absolute Gasteiger partial charge is 0.387 e. The third-order valence-corrected chi connectivity index (χ3v) is 0.997. The van der Waals surface area contributed by atoms with Crippen LogP contribution in [0, 0.1) is 0 Å². The summed E-state index contributed by atoms with van der Waals surface area (Å²) >= 11 is 0. The van der Waals surface area contributed by atoms with Crippen LogP contribution in [0.5, 0.6) is 0 Å². The van der Waals surface area contributed by atoms with Crippen LogP contribution in [0.3, 0.4) is 0 Å². The number of aliphatic imine (C=N–C) groups is 1. The van der Waals surface area contributed by atoms with E-state index in [4.69, 9.17) is 5.73 Å². The molecule has 0 aliphatic carbocycles. The van der Waals surface area contributed by atoms with E-state index in [2.05, 4.69) is 9.98 Å². The van der Waals surface area contributed by atoms with Crippen molar-refractivity contribution in [3.63, 3.8) is 0 Å². The van der Waals surface area contributed by atoms with Crippen LogP contribution in [0.25, 0.3) is 0 Å². The summed E-state index contributed by atoms with van der Waals surface area (Å²) in [4.78, 5) is 18.2. The summed E-state index contributed by atoms with van der Waals surface area (Å²) in [6, 6.07) is -0.428. The molecule has 0 spiro atoms. The fourth-order valence-electron chi connectivity index (χ4n) is 0.581. The summed E-state index contributed by atoms with van der Waals surface area (Å²) in [5.74, 6) is 0.240. The van der Waals surface area contributed by atoms with Crippen molar-refractivity contribution in [1.82, 2.24) is 9.55 Å². The number of amidine groups is 1. The molecule has 2 N–H and O–H groups in total. The predicted octanol–water partition coefficient (Wildman–Crippen LogP) is 0.228. The molecule has 1 aromatic heterocycles. The Hall–Kier alpha value is -1.65. The summed E-state index contributed by atoms with van der Waals surface area (Å²) in [6.07, 6.45) is 4.38. The average Bonchev–Trinajstić information content (AvgIpc) is 2.35. The number of hydrogen-bond acceptors (Lipinski definition) is 2. The van der Waals surface area contributed by atoms with E-state index in [-0.39, 0.29) is 5.84 Å². The van der Waals surface area contributed by atoms with E-state index in [1.165, 1.54) is 23.3 Å². The molecule has 1 rings (SSSR count). The van der Waals surface area contributed by atoms with Crippen molar-refractivity contribution in [2.75, 3.05) is 0 Å². The van der Waals surface area contributed by atoms with Gasteiger partial charge < -0.3 is 5.73 Å². The van der Waals surface area contributed by atoms with Crippen molar-refractivity contribution < 1.29 is 4.79 Å². The van der Waals surface area contributed by atoms with Gasteiger partial charge in [-0.1, -0.05) is 0 Å². The van der Waals surface area contributed by atoms with Crippen molar-refractivity contribution in [3.05, 3.63) is 18.7 Å². The maximum absolute atomic E-state index is 11.0. The molecule has 0 bridgehead atoms. The highest BCUT2D eigenvalue weighted by Crippen LogP contribution is 1.88. The quantitative estimate of drug-likeness (QED) is 0.427. The van der Waals surface area contributed by atoms with Crippen LogP contribution in [-0.2, 0) is 0 Å². The summed E-state index contributed by atoms with van der Waals surface area (Å²) in [7, 11) is 0. The van der Waals surface area contributed by atoms with Crippen LogP contribution in [-0.4, -0.2) is 21.4 Å². The van der Waals surface area contributed by atoms with Crippen molar-refractivity contribution in [2.24, 2.45) is 10.7 Å². The lowest BCUT2D eigenvalue weighted by molar-refractivity contribution is 0.250. The number of amides is 1. The first-order valence-corrected chi connectivity index (χ1v) is 3.03. The minimum atomic E-state index is -0.428. The molecule has 1 aromatic rings. The first kappa shape index (κ1) is 7.46. The SMILES string of the molecule is CC(N)=NC(=O)n1ccnc1. The van der Waals surface area contributed by atoms with Crippen LogP contribution >= 0.6 is 0 Å². The molecule has 0 aromatic carbocycles. The number of rotatable bonds is 0. The number of nitrogens with zero attached hydrogens (tertiary/aromatic N) is 3. The minimum Gasteiger partial charge on any atom is -0.387 e. The van der Waals surface area contributed by atoms with Gasteiger partial charge >= 0.3 is 6.03 Å². The number of aromatic nitrogens is 2. The summed E-state index contributed by atoms with van der Waals surface area (Å²) in [5, 5.41) is 0. The highest BCUT2D eigenvalue weighted by molar-refractivity contribution is 5.92. The molecule has 58 valence electrons. The lowest BCUT2D eigenvalue weighted by Crippen LogP contribution is -2.12. The Kier molecular flexibility index (Phi) is 2.00. The van der Waals surface area contributed by atoms with E-state index < -0.39 is 6.03 Å². The van der Waals surface area contributed by atoms with Crippen molar-refractivity contribution >= 4 is 11.9 Å². The Morgan fingerprint density at radius 1 is 1.73 bits per heavy atom. The van der Waals surface area contributed by atoms with Crippen molar-refractivity contribution in [2.45, 2.75) is 6.92 Å². The smallest absolute Gasteiger partial charge is 0.354 e. The van der Waals surface area contributed by atoms with Gasteiger partial charge in [0.1, 0.15) is 12.2 Å². The van der Waals surface area contributed by atoms with Gasteiger partial charge in [0.2, 0.25) is 0 Å². The fourth-order valence-corrected chi connectivity index (χ4v) is 0.581. The first-order chi connectivity index (χ1) is 5.20. The number of carbonyl (C=O) groups excluding carboxylic acids is 1. The zero-order valence-electron chi connectivity index (χ0n) is 6.06. The highest BCUT2D eigenvalue weighted by Gasteiger charge is 1.98. The van der Waals surface area contributed by atoms with E-state index >= 15 is 0 Å². The summed E-state index contributed by atoms with van der Waals surface area (Å²) in [5.41, 5.74) is 5.19. The van der Waals surface area contributed by atoms with Crippen LogP contribution in [0.4, 0.5) is 4.79 Å². The second-order valence-corrected chi connectivity index (χ2v) is 2.01. The van der Waals surface area contributed by atoms with Crippen molar-refractivity contribution in [3.8, 4) is 0 Å². The monoisotopic (exact) mass is 152 g/mol. The van der Waals surface area contributed by atoms with Crippen molar-refractivity contribution in [1.29, 1.82) is 0 Å². The molecule has 0 aliphatic heterocycles. The number of hydrogen-bond donors (Lipinski definition) is 1. The fraction of sp³-hybridized carbons (Fsp3) is 0.167. The predicted molar refractivity (Wildman–Crippen MR) is 40.3 cm³/mol. The van der Waals surface area contributed by atoms with Crippen LogP contribution in [0.1, 0.15) is 6.92 Å². The number of carbonyl (C=O) groups is 1. The van der Waals surface area contributed by atoms with Gasteiger partial charge in [0.15, 0.2) is 0 Å². The molecular formula is C6H8N4O. The highest BCUT2D eigenvalue weighted by atomic mass is 16.2. The van der Waals surface area contributed by atoms with Gasteiger partial charge in [0.25, 0.3) is 0 Å². The molecule has 1 amide bonds. The Morgan fingerprint density at radius 2 is 2.45 bits per heavy atom. The molecule has 0 saturated carbocycles. The molecule has 0 saturated heterocycles. The third-order valence-electron chi connectivity index (χ3n) is 0.997. The Bertz CT molecular complexity index is 271. The maximum atomic E-state index is 11.0. The van der Waals surface area contributed by atoms with Gasteiger partial charge in [-0.25, -0.2) is 9.78 Å². The molecule has 11 heavy (non-hydrogen) atoms. The molecule has 0 radical (unpaired) electrons. The number of nitrogens with two attached hydrogens (primary N) is 1.